The summed E-state index contributed by atoms with van der Waals surface area (Å²) in [6, 6.07) is 19.2. The monoisotopic (exact) mass is 888 g/mol. The van der Waals surface area contributed by atoms with E-state index in [9.17, 15) is 35.5 Å². The van der Waals surface area contributed by atoms with Crippen LogP contribution < -0.4 is 10.9 Å². The summed E-state index contributed by atoms with van der Waals surface area (Å²) in [5.41, 5.74) is 9.19. The number of carbonyl (C=O) groups excluding carboxylic acids is 2. The third-order valence-electron chi connectivity index (χ3n) is 7.36. The van der Waals surface area contributed by atoms with Gasteiger partial charge in [0.2, 0.25) is 11.6 Å². The Hall–Kier alpha value is -3.39. The normalized spacial score (nSPS) is 15.0. The number of anilines is 2. The first-order valence-electron chi connectivity index (χ1n) is 14.4. The number of hydrazone groups is 2. The van der Waals surface area contributed by atoms with Crippen LogP contribution in [-0.2, 0) is 29.8 Å². The minimum Gasteiger partial charge on any atom is -0.744 e. The Labute approximate surface area is 343 Å². The van der Waals surface area contributed by atoms with E-state index in [1.165, 1.54) is 24.3 Å². The summed E-state index contributed by atoms with van der Waals surface area (Å²) in [7, 11) is -9.53. The van der Waals surface area contributed by atoms with Crippen molar-refractivity contribution in [3.05, 3.63) is 128 Å². The second-order valence-electron chi connectivity index (χ2n) is 10.8. The molecular formula is C34H24BaCl2N4O8S2. The van der Waals surface area contributed by atoms with Crippen molar-refractivity contribution >= 4 is 139 Å². The number of benzene rings is 4. The third kappa shape index (κ3) is 9.54. The minimum absolute atomic E-state index is 0. The Balaban J connectivity index is 0.000000224. The second kappa shape index (κ2) is 16.5. The van der Waals surface area contributed by atoms with E-state index in [1.807, 2.05) is 24.3 Å². The summed E-state index contributed by atoms with van der Waals surface area (Å²) in [6.07, 6.45) is 6.11. The van der Waals surface area contributed by atoms with Gasteiger partial charge in [-0.25, -0.2) is 16.8 Å². The Morgan fingerprint density at radius 2 is 0.941 bits per heavy atom. The van der Waals surface area contributed by atoms with Crippen LogP contribution in [0.25, 0.3) is 12.2 Å². The van der Waals surface area contributed by atoms with Crippen molar-refractivity contribution in [2.45, 2.75) is 23.6 Å². The number of carbonyl (C=O) groups is 2. The molecule has 4 aromatic rings. The molecule has 2 aliphatic rings. The van der Waals surface area contributed by atoms with E-state index in [-0.39, 0.29) is 93.3 Å². The maximum absolute atomic E-state index is 12.1. The molecule has 0 radical (unpaired) electrons. The molecule has 4 aromatic carbocycles. The molecule has 0 bridgehead atoms. The smallest absolute Gasteiger partial charge is 0.744 e. The molecule has 2 aliphatic carbocycles. The van der Waals surface area contributed by atoms with Crippen LogP contribution in [0, 0.1) is 13.8 Å². The molecule has 0 aliphatic heterocycles. The van der Waals surface area contributed by atoms with Gasteiger partial charge in [0.05, 0.1) is 21.2 Å². The average Bonchev–Trinajstić information content (AvgIpc) is 3.06. The fourth-order valence-corrected chi connectivity index (χ4v) is 6.58. The number of aryl methyl sites for hydroxylation is 2. The van der Waals surface area contributed by atoms with Crippen LogP contribution in [0.2, 0.25) is 10.0 Å². The molecule has 0 aromatic heterocycles. The zero-order valence-electron chi connectivity index (χ0n) is 26.7. The molecule has 256 valence electrons. The van der Waals surface area contributed by atoms with E-state index in [4.69, 9.17) is 23.2 Å². The van der Waals surface area contributed by atoms with Crippen LogP contribution in [0.15, 0.2) is 105 Å². The van der Waals surface area contributed by atoms with Crippen molar-refractivity contribution in [2.24, 2.45) is 10.2 Å². The molecule has 0 amide bonds. The summed E-state index contributed by atoms with van der Waals surface area (Å²) in [4.78, 5) is 23.2. The molecule has 2 N–H and O–H groups in total. The van der Waals surface area contributed by atoms with Crippen molar-refractivity contribution in [3.8, 4) is 0 Å². The van der Waals surface area contributed by atoms with Gasteiger partial charge in [0.15, 0.2) is 0 Å². The van der Waals surface area contributed by atoms with Gasteiger partial charge in [-0.05, 0) is 72.5 Å². The van der Waals surface area contributed by atoms with Gasteiger partial charge in [-0.15, -0.1) is 0 Å². The predicted octanol–water partition coefficient (Wildman–Crippen LogP) is 5.55. The predicted molar refractivity (Wildman–Crippen MR) is 195 cm³/mol. The zero-order chi connectivity index (χ0) is 36.4. The van der Waals surface area contributed by atoms with Gasteiger partial charge in [-0.2, -0.15) is 10.2 Å². The van der Waals surface area contributed by atoms with Crippen LogP contribution in [0.4, 0.5) is 11.4 Å². The molecule has 0 saturated heterocycles. The second-order valence-corrected chi connectivity index (χ2v) is 14.3. The Kier molecular flexibility index (Phi) is 13.1. The van der Waals surface area contributed by atoms with Gasteiger partial charge in [-0.1, -0.05) is 83.9 Å². The van der Waals surface area contributed by atoms with Gasteiger partial charge in [-0.3, -0.25) is 20.4 Å². The maximum Gasteiger partial charge on any atom is 2.00 e. The van der Waals surface area contributed by atoms with Crippen molar-refractivity contribution in [3.63, 3.8) is 0 Å². The minimum atomic E-state index is -4.76. The van der Waals surface area contributed by atoms with E-state index in [1.54, 1.807) is 50.3 Å². The SMILES string of the molecule is Cc1cc(N/N=C2\C(=O)C=Cc3ccccc32)c(S(=O)(=O)[O-])cc1Cl.Cc1cc(N/N=C2\C(=O)C=Cc3ccccc32)c(S(=O)(=O)[O-])cc1Cl.[Ba+2]. The summed E-state index contributed by atoms with van der Waals surface area (Å²) in [6.45, 7) is 3.32. The number of nitrogens with one attached hydrogen (secondary N) is 2. The number of rotatable bonds is 6. The summed E-state index contributed by atoms with van der Waals surface area (Å²) >= 11 is 11.8. The van der Waals surface area contributed by atoms with Crippen LogP contribution in [0.3, 0.4) is 0 Å². The Morgan fingerprint density at radius 1 is 0.588 bits per heavy atom. The average molecular weight is 889 g/mol. The van der Waals surface area contributed by atoms with Gasteiger partial charge >= 0.3 is 48.9 Å². The van der Waals surface area contributed by atoms with E-state index in [0.717, 1.165) is 23.3 Å². The first kappa shape index (κ1) is 40.4. The van der Waals surface area contributed by atoms with E-state index < -0.39 is 30.0 Å². The summed E-state index contributed by atoms with van der Waals surface area (Å²) < 4.78 is 68.7. The number of hydrogen-bond acceptors (Lipinski definition) is 12. The number of hydrogen-bond donors (Lipinski definition) is 2. The van der Waals surface area contributed by atoms with Crippen molar-refractivity contribution < 1.29 is 35.5 Å². The van der Waals surface area contributed by atoms with E-state index in [0.29, 0.717) is 22.3 Å². The maximum atomic E-state index is 12.1. The summed E-state index contributed by atoms with van der Waals surface area (Å²) in [5.74, 6) is -0.660. The molecule has 0 heterocycles. The van der Waals surface area contributed by atoms with Gasteiger partial charge in [0.25, 0.3) is 0 Å². The van der Waals surface area contributed by atoms with Crippen molar-refractivity contribution in [2.75, 3.05) is 10.9 Å². The van der Waals surface area contributed by atoms with Gasteiger partial charge in [0.1, 0.15) is 31.7 Å². The van der Waals surface area contributed by atoms with Crippen molar-refractivity contribution in [1.29, 1.82) is 0 Å². The molecule has 0 fully saturated rings. The fourth-order valence-electron chi connectivity index (χ4n) is 4.85. The Morgan fingerprint density at radius 3 is 1.29 bits per heavy atom. The molecule has 6 rings (SSSR count). The fraction of sp³-hybridized carbons (Fsp3) is 0.0588. The van der Waals surface area contributed by atoms with Crippen LogP contribution in [0.1, 0.15) is 33.4 Å². The molecule has 0 unspecified atom stereocenters. The van der Waals surface area contributed by atoms with Crippen LogP contribution in [-0.4, -0.2) is 97.8 Å². The van der Waals surface area contributed by atoms with Crippen LogP contribution >= 0.6 is 23.2 Å². The van der Waals surface area contributed by atoms with Crippen molar-refractivity contribution in [1.82, 2.24) is 0 Å². The molecule has 51 heavy (non-hydrogen) atoms. The third-order valence-corrected chi connectivity index (χ3v) is 9.93. The van der Waals surface area contributed by atoms with Gasteiger partial charge in [0, 0.05) is 21.2 Å². The quantitative estimate of drug-likeness (QED) is 0.141. The molecule has 12 nitrogen and oxygen atoms in total. The first-order valence-corrected chi connectivity index (χ1v) is 17.9. The first-order chi connectivity index (χ1) is 23.5. The molecule has 0 saturated carbocycles. The summed E-state index contributed by atoms with van der Waals surface area (Å²) in [5, 5.41) is 8.38. The molecular weight excluding hydrogens is 865 g/mol. The van der Waals surface area contributed by atoms with Crippen LogP contribution in [0.5, 0.6) is 0 Å². The molecule has 0 spiro atoms. The van der Waals surface area contributed by atoms with E-state index in [2.05, 4.69) is 21.1 Å². The van der Waals surface area contributed by atoms with E-state index >= 15 is 0 Å². The Bertz CT molecular complexity index is 2260. The zero-order valence-corrected chi connectivity index (χ0v) is 34.3. The number of halogens is 2. The topological polar surface area (TPSA) is 197 Å². The number of allylic oxidation sites excluding steroid dienone is 2. The number of fused-ring (bicyclic) bond motifs is 2. The standard InChI is InChI=1S/2C17H13ClN2O4S.Ba/c2*1-10-8-14(16(9-13(10)18)25(22,23)24)19-20-17-12-5-3-2-4-11(12)6-7-15(17)21;/h2*2-9,19H,1H3,(H,22,23,24);/q;;+2/p-2/b2*20-17-;. The molecule has 17 heteroatoms. The largest absolute Gasteiger partial charge is 2.00 e. The van der Waals surface area contributed by atoms with Gasteiger partial charge < -0.3 is 9.11 Å². The molecule has 0 atom stereocenters. The number of nitrogens with zero attached hydrogens (tertiary/aromatic N) is 2. The number of ketones is 2.